The highest BCUT2D eigenvalue weighted by Crippen LogP contribution is 2.26. The minimum atomic E-state index is -3.10. The molecule has 0 saturated carbocycles. The van der Waals surface area contributed by atoms with Gasteiger partial charge in [0.25, 0.3) is 0 Å². The highest BCUT2D eigenvalue weighted by molar-refractivity contribution is 9.10. The third-order valence-electron chi connectivity index (χ3n) is 3.40. The van der Waals surface area contributed by atoms with Gasteiger partial charge in [-0.15, -0.1) is 0 Å². The van der Waals surface area contributed by atoms with Gasteiger partial charge >= 0.3 is 0 Å². The summed E-state index contributed by atoms with van der Waals surface area (Å²) in [5.74, 6) is 1.38. The van der Waals surface area contributed by atoms with E-state index >= 15 is 0 Å². The first-order valence-corrected chi connectivity index (χ1v) is 10.1. The van der Waals surface area contributed by atoms with E-state index in [9.17, 15) is 12.8 Å². The zero-order valence-electron chi connectivity index (χ0n) is 11.2. The highest BCUT2D eigenvalue weighted by atomic mass is 79.9. The Morgan fingerprint density at radius 2 is 2.25 bits per heavy atom. The summed E-state index contributed by atoms with van der Waals surface area (Å²) in [6.45, 7) is 2.93. The van der Waals surface area contributed by atoms with E-state index in [1.54, 1.807) is 24.8 Å². The van der Waals surface area contributed by atoms with Crippen molar-refractivity contribution in [1.29, 1.82) is 0 Å². The third kappa shape index (κ3) is 3.75. The third-order valence-corrected chi connectivity index (χ3v) is 7.47. The Hall–Kier alpha value is -0.110. The molecule has 1 aromatic rings. The van der Waals surface area contributed by atoms with Crippen LogP contribution >= 0.6 is 27.7 Å². The summed E-state index contributed by atoms with van der Waals surface area (Å²) >= 11 is 5.01. The average Bonchev–Trinajstić information content (AvgIpc) is 2.42. The monoisotopic (exact) mass is 381 g/mol. The molecule has 7 heteroatoms. The van der Waals surface area contributed by atoms with Crippen LogP contribution in [0.5, 0.6) is 0 Å². The number of nitrogens with zero attached hydrogens (tertiary/aromatic N) is 1. The van der Waals surface area contributed by atoms with E-state index in [1.807, 2.05) is 4.90 Å². The molecule has 1 saturated heterocycles. The second kappa shape index (κ2) is 6.77. The number of sulfone groups is 1. The summed E-state index contributed by atoms with van der Waals surface area (Å²) in [5.41, 5.74) is 0.912. The molecule has 1 aliphatic rings. The lowest BCUT2D eigenvalue weighted by atomic mass is 10.2. The van der Waals surface area contributed by atoms with Crippen molar-refractivity contribution in [3.63, 3.8) is 0 Å². The second-order valence-corrected chi connectivity index (χ2v) is 9.14. The Bertz CT molecular complexity index is 580. The van der Waals surface area contributed by atoms with Crippen molar-refractivity contribution in [2.45, 2.75) is 18.8 Å². The van der Waals surface area contributed by atoms with Gasteiger partial charge in [-0.2, -0.15) is 11.8 Å². The summed E-state index contributed by atoms with van der Waals surface area (Å²) in [6.07, 6.45) is 0. The van der Waals surface area contributed by atoms with E-state index in [1.165, 1.54) is 12.1 Å². The predicted octanol–water partition coefficient (Wildman–Crippen LogP) is 2.90. The van der Waals surface area contributed by atoms with Crippen LogP contribution in [0.3, 0.4) is 0 Å². The maximum Gasteiger partial charge on any atom is 0.166 e. The van der Waals surface area contributed by atoms with E-state index < -0.39 is 15.2 Å². The smallest absolute Gasteiger partial charge is 0.166 e. The van der Waals surface area contributed by atoms with Gasteiger partial charge in [0.2, 0.25) is 0 Å². The van der Waals surface area contributed by atoms with Crippen LogP contribution < -0.4 is 0 Å². The van der Waals surface area contributed by atoms with Crippen molar-refractivity contribution in [2.75, 3.05) is 23.8 Å². The molecule has 1 unspecified atom stereocenters. The Kier molecular flexibility index (Phi) is 5.50. The van der Waals surface area contributed by atoms with Gasteiger partial charge in [-0.25, -0.2) is 12.8 Å². The van der Waals surface area contributed by atoms with Crippen molar-refractivity contribution >= 4 is 37.5 Å². The van der Waals surface area contributed by atoms with Crippen molar-refractivity contribution < 1.29 is 12.8 Å². The molecule has 0 aliphatic carbocycles. The van der Waals surface area contributed by atoms with Gasteiger partial charge in [0.1, 0.15) is 11.2 Å². The average molecular weight is 382 g/mol. The minimum absolute atomic E-state index is 0.152. The van der Waals surface area contributed by atoms with Crippen LogP contribution in [0.1, 0.15) is 12.5 Å². The fraction of sp³-hybridized carbons (Fsp3) is 0.538. The molecular weight excluding hydrogens is 365 g/mol. The molecule has 2 rings (SSSR count). The zero-order valence-corrected chi connectivity index (χ0v) is 14.4. The van der Waals surface area contributed by atoms with Gasteiger partial charge in [0.15, 0.2) is 9.84 Å². The van der Waals surface area contributed by atoms with Crippen LogP contribution in [-0.4, -0.2) is 42.5 Å². The Labute approximate surface area is 132 Å². The molecule has 20 heavy (non-hydrogen) atoms. The van der Waals surface area contributed by atoms with Gasteiger partial charge in [-0.1, -0.05) is 28.9 Å². The van der Waals surface area contributed by atoms with Crippen molar-refractivity contribution in [2.24, 2.45) is 0 Å². The normalized spacial score (nSPS) is 21.1. The first-order chi connectivity index (χ1) is 9.44. The van der Waals surface area contributed by atoms with Crippen LogP contribution in [0, 0.1) is 5.82 Å². The van der Waals surface area contributed by atoms with E-state index in [0.717, 1.165) is 17.9 Å². The molecule has 1 aromatic carbocycles. The molecular formula is C13H17BrFNO2S2. The molecule has 0 amide bonds. The first kappa shape index (κ1) is 16.3. The lowest BCUT2D eigenvalue weighted by molar-refractivity contribution is 0.261. The summed E-state index contributed by atoms with van der Waals surface area (Å²) in [5, 5.41) is -0.441. The topological polar surface area (TPSA) is 37.4 Å². The molecule has 112 valence electrons. The Balaban J connectivity index is 2.21. The molecule has 0 radical (unpaired) electrons. The Morgan fingerprint density at radius 3 is 2.90 bits per heavy atom. The maximum absolute atomic E-state index is 13.1. The summed E-state index contributed by atoms with van der Waals surface area (Å²) in [7, 11) is -3.10. The summed E-state index contributed by atoms with van der Waals surface area (Å²) in [4.78, 5) is 1.98. The molecule has 0 N–H and O–H groups in total. The molecule has 1 aliphatic heterocycles. The molecule has 1 heterocycles. The standard InChI is InChI=1S/C13H17BrFNO2S2/c1-2-20(17,18)13-9-19-6-5-16(13)8-10-3-4-11(15)7-12(10)14/h3-4,7,13H,2,5-6,8-9H2,1H3. The molecule has 1 atom stereocenters. The van der Waals surface area contributed by atoms with Crippen LogP contribution in [0.25, 0.3) is 0 Å². The maximum atomic E-state index is 13.1. The van der Waals surface area contributed by atoms with Crippen LogP contribution in [0.2, 0.25) is 0 Å². The predicted molar refractivity (Wildman–Crippen MR) is 85.1 cm³/mol. The van der Waals surface area contributed by atoms with Gasteiger partial charge < -0.3 is 0 Å². The number of halogens is 2. The Morgan fingerprint density at radius 1 is 1.50 bits per heavy atom. The van der Waals surface area contributed by atoms with Gasteiger partial charge in [-0.3, -0.25) is 4.90 Å². The number of thioether (sulfide) groups is 1. The number of benzene rings is 1. The SMILES string of the molecule is CCS(=O)(=O)C1CSCCN1Cc1ccc(F)cc1Br. The highest BCUT2D eigenvalue weighted by Gasteiger charge is 2.32. The fourth-order valence-electron chi connectivity index (χ4n) is 2.19. The minimum Gasteiger partial charge on any atom is -0.281 e. The first-order valence-electron chi connectivity index (χ1n) is 6.41. The summed E-state index contributed by atoms with van der Waals surface area (Å²) < 4.78 is 38.1. The van der Waals surface area contributed by atoms with Crippen molar-refractivity contribution in [3.05, 3.63) is 34.1 Å². The quantitative estimate of drug-likeness (QED) is 0.803. The van der Waals surface area contributed by atoms with Crippen molar-refractivity contribution in [1.82, 2.24) is 4.90 Å². The molecule has 3 nitrogen and oxygen atoms in total. The van der Waals surface area contributed by atoms with E-state index in [4.69, 9.17) is 0 Å². The van der Waals surface area contributed by atoms with Gasteiger partial charge in [0.05, 0.1) is 0 Å². The number of hydrogen-bond acceptors (Lipinski definition) is 4. The van der Waals surface area contributed by atoms with Crippen molar-refractivity contribution in [3.8, 4) is 0 Å². The van der Waals surface area contributed by atoms with Crippen LogP contribution in [0.15, 0.2) is 22.7 Å². The molecule has 0 bridgehead atoms. The molecule has 0 aromatic heterocycles. The lowest BCUT2D eigenvalue weighted by Gasteiger charge is -2.34. The fourth-order valence-corrected chi connectivity index (χ4v) is 5.74. The number of hydrogen-bond donors (Lipinski definition) is 0. The van der Waals surface area contributed by atoms with Gasteiger partial charge in [0, 0.05) is 34.8 Å². The van der Waals surface area contributed by atoms with E-state index in [2.05, 4.69) is 15.9 Å². The summed E-state index contributed by atoms with van der Waals surface area (Å²) in [6, 6.07) is 4.52. The molecule has 1 fully saturated rings. The number of rotatable bonds is 4. The molecule has 0 spiro atoms. The van der Waals surface area contributed by atoms with Crippen LogP contribution in [0.4, 0.5) is 4.39 Å². The second-order valence-electron chi connectivity index (χ2n) is 4.69. The van der Waals surface area contributed by atoms with Crippen LogP contribution in [-0.2, 0) is 16.4 Å². The zero-order chi connectivity index (χ0) is 14.8. The largest absolute Gasteiger partial charge is 0.281 e. The lowest BCUT2D eigenvalue weighted by Crippen LogP contribution is -2.47. The van der Waals surface area contributed by atoms with E-state index in [0.29, 0.717) is 16.8 Å². The van der Waals surface area contributed by atoms with Gasteiger partial charge in [-0.05, 0) is 17.7 Å². The van der Waals surface area contributed by atoms with E-state index in [-0.39, 0.29) is 11.6 Å².